The fourth-order valence-corrected chi connectivity index (χ4v) is 3.79. The maximum absolute atomic E-state index is 10.6. The number of rotatable bonds is 8. The molecule has 0 aliphatic rings. The molecule has 0 rings (SSSR count). The van der Waals surface area contributed by atoms with Crippen molar-refractivity contribution in [3.8, 4) is 0 Å². The predicted molar refractivity (Wildman–Crippen MR) is 58.1 cm³/mol. The van der Waals surface area contributed by atoms with Crippen LogP contribution in [0.25, 0.3) is 0 Å². The second-order valence-electron chi connectivity index (χ2n) is 3.32. The third-order valence-electron chi connectivity index (χ3n) is 1.95. The molecule has 0 fully saturated rings. The van der Waals surface area contributed by atoms with E-state index >= 15 is 0 Å². The third-order valence-corrected chi connectivity index (χ3v) is 5.01. The van der Waals surface area contributed by atoms with Crippen molar-refractivity contribution >= 4 is 14.5 Å². The standard InChI is InChI=1S/C9H21NO3Si/c1-4-12-14(3,13-5-2)8-6-7-9(10)11/h4-8H2,1-3H3,(H2,10,11). The number of amides is 1. The molecule has 0 atom stereocenters. The van der Waals surface area contributed by atoms with E-state index in [2.05, 4.69) is 0 Å². The number of primary amides is 1. The molecule has 0 aliphatic heterocycles. The smallest absolute Gasteiger partial charge is 0.334 e. The first-order valence-corrected chi connectivity index (χ1v) is 7.62. The van der Waals surface area contributed by atoms with E-state index in [0.29, 0.717) is 19.6 Å². The SMILES string of the molecule is CCO[Si](C)(CCCC(N)=O)OCC. The number of carbonyl (C=O) groups is 1. The Labute approximate surface area is 87.0 Å². The Morgan fingerprint density at radius 3 is 2.14 bits per heavy atom. The first-order chi connectivity index (χ1) is 6.54. The van der Waals surface area contributed by atoms with Gasteiger partial charge in [-0.3, -0.25) is 4.79 Å². The van der Waals surface area contributed by atoms with E-state index < -0.39 is 8.56 Å². The van der Waals surface area contributed by atoms with E-state index in [4.69, 9.17) is 14.6 Å². The molecule has 84 valence electrons. The van der Waals surface area contributed by atoms with Gasteiger partial charge in [0, 0.05) is 19.6 Å². The fraction of sp³-hybridized carbons (Fsp3) is 0.889. The van der Waals surface area contributed by atoms with Gasteiger partial charge in [0.05, 0.1) is 0 Å². The normalized spacial score (nSPS) is 11.6. The van der Waals surface area contributed by atoms with Crippen molar-refractivity contribution in [1.29, 1.82) is 0 Å². The van der Waals surface area contributed by atoms with Gasteiger partial charge < -0.3 is 14.6 Å². The first-order valence-electron chi connectivity index (χ1n) is 5.10. The van der Waals surface area contributed by atoms with Gasteiger partial charge in [0.1, 0.15) is 0 Å². The van der Waals surface area contributed by atoms with Gasteiger partial charge >= 0.3 is 8.56 Å². The number of hydrogen-bond acceptors (Lipinski definition) is 3. The zero-order valence-electron chi connectivity index (χ0n) is 9.34. The highest BCUT2D eigenvalue weighted by Gasteiger charge is 2.29. The average molecular weight is 219 g/mol. The molecule has 0 heterocycles. The van der Waals surface area contributed by atoms with Crippen LogP contribution in [0.4, 0.5) is 0 Å². The second kappa shape index (κ2) is 6.97. The van der Waals surface area contributed by atoms with Crippen molar-refractivity contribution < 1.29 is 13.6 Å². The Hall–Kier alpha value is -0.393. The summed E-state index contributed by atoms with van der Waals surface area (Å²) in [6, 6.07) is 0.831. The molecule has 1 amide bonds. The third kappa shape index (κ3) is 6.12. The van der Waals surface area contributed by atoms with Crippen LogP contribution in [0.2, 0.25) is 12.6 Å². The van der Waals surface area contributed by atoms with Crippen molar-refractivity contribution in [3.05, 3.63) is 0 Å². The van der Waals surface area contributed by atoms with E-state index in [9.17, 15) is 4.79 Å². The molecule has 0 unspecified atom stereocenters. The van der Waals surface area contributed by atoms with Crippen LogP contribution in [0.3, 0.4) is 0 Å². The summed E-state index contributed by atoms with van der Waals surface area (Å²) in [6.45, 7) is 7.27. The Morgan fingerprint density at radius 2 is 1.79 bits per heavy atom. The van der Waals surface area contributed by atoms with Crippen LogP contribution in [0.15, 0.2) is 0 Å². The first kappa shape index (κ1) is 13.6. The van der Waals surface area contributed by atoms with Gasteiger partial charge in [-0.05, 0) is 32.9 Å². The maximum atomic E-state index is 10.6. The quantitative estimate of drug-likeness (QED) is 0.628. The summed E-state index contributed by atoms with van der Waals surface area (Å²) in [6.07, 6.45) is 1.18. The van der Waals surface area contributed by atoms with Crippen LogP contribution in [0, 0.1) is 0 Å². The van der Waals surface area contributed by atoms with Crippen molar-refractivity contribution in [2.45, 2.75) is 39.3 Å². The lowest BCUT2D eigenvalue weighted by atomic mass is 10.3. The largest absolute Gasteiger partial charge is 0.395 e. The molecule has 0 aromatic carbocycles. The number of carbonyl (C=O) groups excluding carboxylic acids is 1. The minimum atomic E-state index is -2.02. The Balaban J connectivity index is 3.88. The highest BCUT2D eigenvalue weighted by molar-refractivity contribution is 6.66. The van der Waals surface area contributed by atoms with Crippen LogP contribution in [0.1, 0.15) is 26.7 Å². The van der Waals surface area contributed by atoms with Crippen molar-refractivity contribution in [2.24, 2.45) is 5.73 Å². The summed E-state index contributed by atoms with van der Waals surface area (Å²) in [7, 11) is -2.02. The molecule has 0 saturated heterocycles. The Bertz CT molecular complexity index is 169. The number of nitrogens with two attached hydrogens (primary N) is 1. The van der Waals surface area contributed by atoms with Gasteiger partial charge in [-0.1, -0.05) is 0 Å². The summed E-state index contributed by atoms with van der Waals surface area (Å²) in [5, 5.41) is 0. The minimum absolute atomic E-state index is 0.255. The van der Waals surface area contributed by atoms with E-state index in [1.54, 1.807) is 0 Å². The lowest BCUT2D eigenvalue weighted by molar-refractivity contribution is -0.118. The van der Waals surface area contributed by atoms with Crippen LogP contribution in [-0.4, -0.2) is 27.7 Å². The van der Waals surface area contributed by atoms with E-state index in [-0.39, 0.29) is 5.91 Å². The van der Waals surface area contributed by atoms with Crippen molar-refractivity contribution in [2.75, 3.05) is 13.2 Å². The van der Waals surface area contributed by atoms with E-state index in [0.717, 1.165) is 12.5 Å². The highest BCUT2D eigenvalue weighted by Crippen LogP contribution is 2.16. The molecule has 0 aromatic rings. The highest BCUT2D eigenvalue weighted by atomic mass is 28.4. The zero-order chi connectivity index (χ0) is 11.0. The number of hydrogen-bond donors (Lipinski definition) is 1. The molecule has 14 heavy (non-hydrogen) atoms. The molecule has 2 N–H and O–H groups in total. The van der Waals surface area contributed by atoms with Gasteiger partial charge in [0.25, 0.3) is 0 Å². The predicted octanol–water partition coefficient (Wildman–Crippen LogP) is 1.40. The molecule has 0 saturated carbocycles. The zero-order valence-corrected chi connectivity index (χ0v) is 10.3. The van der Waals surface area contributed by atoms with Crippen LogP contribution >= 0.6 is 0 Å². The summed E-state index contributed by atoms with van der Waals surface area (Å²) in [4.78, 5) is 10.6. The fourth-order valence-electron chi connectivity index (χ4n) is 1.38. The average Bonchev–Trinajstić information content (AvgIpc) is 2.03. The van der Waals surface area contributed by atoms with Gasteiger partial charge in [-0.2, -0.15) is 0 Å². The molecule has 5 heteroatoms. The molecule has 0 aromatic heterocycles. The molecular formula is C9H21NO3Si. The minimum Gasteiger partial charge on any atom is -0.395 e. The van der Waals surface area contributed by atoms with Crippen molar-refractivity contribution in [3.63, 3.8) is 0 Å². The van der Waals surface area contributed by atoms with Crippen LogP contribution < -0.4 is 5.73 Å². The molecule has 0 bridgehead atoms. The van der Waals surface area contributed by atoms with Crippen LogP contribution in [-0.2, 0) is 13.6 Å². The molecule has 4 nitrogen and oxygen atoms in total. The van der Waals surface area contributed by atoms with Crippen molar-refractivity contribution in [1.82, 2.24) is 0 Å². The molecule has 0 radical (unpaired) electrons. The Kier molecular flexibility index (Phi) is 6.78. The van der Waals surface area contributed by atoms with E-state index in [1.807, 2.05) is 20.4 Å². The monoisotopic (exact) mass is 219 g/mol. The van der Waals surface area contributed by atoms with Gasteiger partial charge in [0.15, 0.2) is 0 Å². The molecular weight excluding hydrogens is 198 g/mol. The molecule has 0 aliphatic carbocycles. The second-order valence-corrected chi connectivity index (χ2v) is 6.66. The Morgan fingerprint density at radius 1 is 1.29 bits per heavy atom. The summed E-state index contributed by atoms with van der Waals surface area (Å²) < 4.78 is 11.2. The summed E-state index contributed by atoms with van der Waals surface area (Å²) in [5.41, 5.74) is 5.06. The maximum Gasteiger partial charge on any atom is 0.334 e. The van der Waals surface area contributed by atoms with Gasteiger partial charge in [0.2, 0.25) is 5.91 Å². The summed E-state index contributed by atoms with van der Waals surface area (Å²) >= 11 is 0. The van der Waals surface area contributed by atoms with Gasteiger partial charge in [-0.25, -0.2) is 0 Å². The summed E-state index contributed by atoms with van der Waals surface area (Å²) in [5.74, 6) is -0.255. The van der Waals surface area contributed by atoms with E-state index in [1.165, 1.54) is 0 Å². The van der Waals surface area contributed by atoms with Crippen LogP contribution in [0.5, 0.6) is 0 Å². The van der Waals surface area contributed by atoms with Gasteiger partial charge in [-0.15, -0.1) is 0 Å². The lowest BCUT2D eigenvalue weighted by Crippen LogP contribution is -2.38. The lowest BCUT2D eigenvalue weighted by Gasteiger charge is -2.25. The topological polar surface area (TPSA) is 61.5 Å². The molecule has 0 spiro atoms.